The van der Waals surface area contributed by atoms with E-state index in [0.717, 1.165) is 5.56 Å². The molecule has 96 valence electrons. The molecule has 4 heteroatoms. The molecule has 0 fully saturated rings. The monoisotopic (exact) mass is 248 g/mol. The van der Waals surface area contributed by atoms with Crippen LogP contribution in [0.25, 0.3) is 6.08 Å². The Morgan fingerprint density at radius 2 is 1.67 bits per heavy atom. The lowest BCUT2D eigenvalue weighted by Crippen LogP contribution is -2.00. The van der Waals surface area contributed by atoms with E-state index in [4.69, 9.17) is 9.47 Å². The molecule has 1 rings (SSSR count). The van der Waals surface area contributed by atoms with Crippen molar-refractivity contribution in [1.29, 1.82) is 0 Å². The molecule has 1 aromatic carbocycles. The van der Waals surface area contributed by atoms with Gasteiger partial charge in [-0.25, -0.2) is 0 Å². The van der Waals surface area contributed by atoms with Crippen LogP contribution < -0.4 is 9.47 Å². The van der Waals surface area contributed by atoms with E-state index in [9.17, 15) is 9.59 Å². The van der Waals surface area contributed by atoms with Crippen molar-refractivity contribution < 1.29 is 19.1 Å². The van der Waals surface area contributed by atoms with E-state index in [-0.39, 0.29) is 18.0 Å². The number of benzene rings is 1. The predicted octanol–water partition coefficient (Wildman–Crippen LogP) is 2.27. The van der Waals surface area contributed by atoms with Crippen LogP contribution in [0.15, 0.2) is 24.3 Å². The number of rotatable bonds is 6. The number of carbonyl (C=O) groups excluding carboxylic acids is 2. The number of ketones is 2. The van der Waals surface area contributed by atoms with Crippen molar-refractivity contribution >= 4 is 17.6 Å². The summed E-state index contributed by atoms with van der Waals surface area (Å²) < 4.78 is 10.2. The van der Waals surface area contributed by atoms with Crippen molar-refractivity contribution in [2.75, 3.05) is 14.2 Å². The van der Waals surface area contributed by atoms with Crippen molar-refractivity contribution in [3.63, 3.8) is 0 Å². The van der Waals surface area contributed by atoms with Gasteiger partial charge in [0.25, 0.3) is 0 Å². The van der Waals surface area contributed by atoms with E-state index >= 15 is 0 Å². The zero-order chi connectivity index (χ0) is 13.5. The number of hydrogen-bond donors (Lipinski definition) is 0. The van der Waals surface area contributed by atoms with Crippen LogP contribution in [0.1, 0.15) is 18.9 Å². The molecular weight excluding hydrogens is 232 g/mol. The summed E-state index contributed by atoms with van der Waals surface area (Å²) in [5.41, 5.74) is 0.781. The van der Waals surface area contributed by atoms with Gasteiger partial charge in [0.2, 0.25) is 0 Å². The van der Waals surface area contributed by atoms with E-state index in [0.29, 0.717) is 11.5 Å². The van der Waals surface area contributed by atoms with Crippen LogP contribution in [0.4, 0.5) is 0 Å². The first kappa shape index (κ1) is 14.0. The molecule has 4 nitrogen and oxygen atoms in total. The molecule has 0 atom stereocenters. The van der Waals surface area contributed by atoms with Crippen LogP contribution in [-0.4, -0.2) is 25.8 Å². The maximum absolute atomic E-state index is 11.4. The van der Waals surface area contributed by atoms with Gasteiger partial charge in [0.1, 0.15) is 17.3 Å². The second-order valence-electron chi connectivity index (χ2n) is 3.82. The van der Waals surface area contributed by atoms with E-state index in [2.05, 4.69) is 0 Å². The minimum absolute atomic E-state index is 0.0718. The third kappa shape index (κ3) is 4.41. The molecule has 0 aliphatic carbocycles. The molecule has 0 unspecified atom stereocenters. The molecular formula is C14H16O4. The Kier molecular flexibility index (Phi) is 5.11. The normalized spacial score (nSPS) is 10.4. The summed E-state index contributed by atoms with van der Waals surface area (Å²) >= 11 is 0. The molecule has 0 aliphatic rings. The molecule has 0 saturated heterocycles. The smallest absolute Gasteiger partial charge is 0.163 e. The highest BCUT2D eigenvalue weighted by Gasteiger charge is 2.02. The first-order chi connectivity index (χ1) is 8.55. The Bertz CT molecular complexity index is 452. The first-order valence-electron chi connectivity index (χ1n) is 5.48. The largest absolute Gasteiger partial charge is 0.497 e. The lowest BCUT2D eigenvalue weighted by Gasteiger charge is -2.05. The van der Waals surface area contributed by atoms with E-state index in [1.165, 1.54) is 13.0 Å². The van der Waals surface area contributed by atoms with Crippen LogP contribution in [0.2, 0.25) is 0 Å². The molecule has 0 bridgehead atoms. The highest BCUT2D eigenvalue weighted by atomic mass is 16.5. The van der Waals surface area contributed by atoms with Gasteiger partial charge in [-0.3, -0.25) is 9.59 Å². The second-order valence-corrected chi connectivity index (χ2v) is 3.82. The zero-order valence-corrected chi connectivity index (χ0v) is 10.7. The minimum atomic E-state index is -0.218. The molecule has 0 radical (unpaired) electrons. The Balaban J connectivity index is 2.86. The second kappa shape index (κ2) is 6.59. The lowest BCUT2D eigenvalue weighted by atomic mass is 10.1. The summed E-state index contributed by atoms with van der Waals surface area (Å²) in [6, 6.07) is 5.30. The quantitative estimate of drug-likeness (QED) is 0.572. The van der Waals surface area contributed by atoms with Crippen LogP contribution >= 0.6 is 0 Å². The summed E-state index contributed by atoms with van der Waals surface area (Å²) in [4.78, 5) is 22.1. The number of hydrogen-bond acceptors (Lipinski definition) is 4. The Morgan fingerprint density at radius 3 is 2.11 bits per heavy atom. The molecule has 0 saturated carbocycles. The van der Waals surface area contributed by atoms with Crippen molar-refractivity contribution in [2.45, 2.75) is 13.3 Å². The predicted molar refractivity (Wildman–Crippen MR) is 68.9 cm³/mol. The zero-order valence-electron chi connectivity index (χ0n) is 10.7. The number of carbonyl (C=O) groups is 2. The number of methoxy groups -OCH3 is 2. The third-order valence-corrected chi connectivity index (χ3v) is 2.26. The molecule has 1 aromatic rings. The van der Waals surface area contributed by atoms with Crippen LogP contribution in [0, 0.1) is 0 Å². The summed E-state index contributed by atoms with van der Waals surface area (Å²) in [7, 11) is 3.12. The number of ether oxygens (including phenoxy) is 2. The molecule has 0 N–H and O–H groups in total. The average Bonchev–Trinajstić information content (AvgIpc) is 2.35. The summed E-state index contributed by atoms with van der Waals surface area (Å²) in [6.07, 6.45) is 2.95. The average molecular weight is 248 g/mol. The van der Waals surface area contributed by atoms with Crippen LogP contribution in [0.5, 0.6) is 11.5 Å². The Labute approximate surface area is 106 Å². The summed E-state index contributed by atoms with van der Waals surface area (Å²) in [6.45, 7) is 1.39. The standard InChI is InChI=1S/C14H16O4/c1-10(15)6-12(16)5-4-11-7-13(17-2)9-14(8-11)18-3/h4-5,7-9H,6H2,1-3H3/b5-4+. The molecule has 0 amide bonds. The van der Waals surface area contributed by atoms with Crippen molar-refractivity contribution in [3.05, 3.63) is 29.8 Å². The van der Waals surface area contributed by atoms with Gasteiger partial charge < -0.3 is 9.47 Å². The van der Waals surface area contributed by atoms with Gasteiger partial charge in [-0.2, -0.15) is 0 Å². The van der Waals surface area contributed by atoms with E-state index < -0.39 is 0 Å². The van der Waals surface area contributed by atoms with Gasteiger partial charge in [-0.1, -0.05) is 6.08 Å². The molecule has 0 aromatic heterocycles. The van der Waals surface area contributed by atoms with Gasteiger partial charge in [-0.05, 0) is 30.7 Å². The third-order valence-electron chi connectivity index (χ3n) is 2.26. The molecule has 0 aliphatic heterocycles. The minimum Gasteiger partial charge on any atom is -0.497 e. The van der Waals surface area contributed by atoms with Crippen molar-refractivity contribution in [3.8, 4) is 11.5 Å². The number of allylic oxidation sites excluding steroid dienone is 1. The molecule has 18 heavy (non-hydrogen) atoms. The topological polar surface area (TPSA) is 52.6 Å². The van der Waals surface area contributed by atoms with Crippen LogP contribution in [0.3, 0.4) is 0 Å². The highest BCUT2D eigenvalue weighted by Crippen LogP contribution is 2.23. The highest BCUT2D eigenvalue weighted by molar-refractivity contribution is 6.05. The fourth-order valence-corrected chi connectivity index (χ4v) is 1.42. The van der Waals surface area contributed by atoms with Gasteiger partial charge in [-0.15, -0.1) is 0 Å². The Hall–Kier alpha value is -2.10. The van der Waals surface area contributed by atoms with E-state index in [1.54, 1.807) is 38.5 Å². The molecule has 0 heterocycles. The maximum atomic E-state index is 11.4. The fraction of sp³-hybridized carbons (Fsp3) is 0.286. The summed E-state index contributed by atoms with van der Waals surface area (Å²) in [5.74, 6) is 0.929. The summed E-state index contributed by atoms with van der Waals surface area (Å²) in [5, 5.41) is 0. The van der Waals surface area contributed by atoms with Crippen molar-refractivity contribution in [2.24, 2.45) is 0 Å². The van der Waals surface area contributed by atoms with Gasteiger partial charge >= 0.3 is 0 Å². The van der Waals surface area contributed by atoms with E-state index in [1.807, 2.05) is 0 Å². The SMILES string of the molecule is COc1cc(/C=C/C(=O)CC(C)=O)cc(OC)c1. The molecule has 0 spiro atoms. The Morgan fingerprint density at radius 1 is 1.11 bits per heavy atom. The van der Waals surface area contributed by atoms with Crippen LogP contribution in [-0.2, 0) is 9.59 Å². The first-order valence-corrected chi connectivity index (χ1v) is 5.48. The number of Topliss-reactive ketones (excluding diaryl/α,β-unsaturated/α-hetero) is 1. The maximum Gasteiger partial charge on any atom is 0.163 e. The van der Waals surface area contributed by atoms with Crippen molar-refractivity contribution in [1.82, 2.24) is 0 Å². The van der Waals surface area contributed by atoms with Gasteiger partial charge in [0.05, 0.1) is 20.6 Å². The lowest BCUT2D eigenvalue weighted by molar-refractivity contribution is -0.123. The van der Waals surface area contributed by atoms with Gasteiger partial charge in [0.15, 0.2) is 5.78 Å². The fourth-order valence-electron chi connectivity index (χ4n) is 1.42. The van der Waals surface area contributed by atoms with Gasteiger partial charge in [0, 0.05) is 6.07 Å².